The Morgan fingerprint density at radius 3 is 2.12 bits per heavy atom. The maximum atomic E-state index is 13.8. The van der Waals surface area contributed by atoms with E-state index in [1.54, 1.807) is 12.1 Å². The van der Waals surface area contributed by atoms with Gasteiger partial charge in [-0.15, -0.1) is 0 Å². The number of rotatable bonds is 9. The maximum Gasteiger partial charge on any atom is 0.123 e. The summed E-state index contributed by atoms with van der Waals surface area (Å²) in [5.41, 5.74) is 9.83. The van der Waals surface area contributed by atoms with Gasteiger partial charge in [0.25, 0.3) is 0 Å². The zero-order chi connectivity index (χ0) is 28.8. The van der Waals surface area contributed by atoms with Crippen LogP contribution < -0.4 is 5.32 Å². The molecule has 5 rings (SSSR count). The molecule has 1 aliphatic carbocycles. The van der Waals surface area contributed by atoms with Crippen molar-refractivity contribution in [3.63, 3.8) is 0 Å². The van der Waals surface area contributed by atoms with Crippen LogP contribution in [0.15, 0.2) is 84.9 Å². The highest BCUT2D eigenvalue weighted by atomic mass is 19.1. The molecule has 1 saturated heterocycles. The van der Waals surface area contributed by atoms with Crippen LogP contribution in [-0.2, 0) is 6.42 Å². The second-order valence-electron chi connectivity index (χ2n) is 12.5. The van der Waals surface area contributed by atoms with E-state index in [1.807, 2.05) is 12.1 Å². The third-order valence-electron chi connectivity index (χ3n) is 9.23. The van der Waals surface area contributed by atoms with E-state index < -0.39 is 0 Å². The first-order valence-electron chi connectivity index (χ1n) is 15.7. The molecular formula is C38H47FN2. The number of hydrogen-bond donors (Lipinski definition) is 1. The number of nitrogens with zero attached hydrogens (tertiary/aromatic N) is 1. The zero-order valence-electron chi connectivity index (χ0n) is 25.3. The monoisotopic (exact) mass is 550 g/mol. The summed E-state index contributed by atoms with van der Waals surface area (Å²) in [7, 11) is 0. The Morgan fingerprint density at radius 1 is 0.854 bits per heavy atom. The SMILES string of the molecule is C=C(NC(C)c1ccc(C(=C2CCN(C(C)C)CC2)c2ccc(F)cc2)cc1)c1cccc(CC2CCCCC2)c1. The van der Waals surface area contributed by atoms with E-state index in [0.717, 1.165) is 43.1 Å². The molecule has 0 aromatic heterocycles. The van der Waals surface area contributed by atoms with Crippen molar-refractivity contribution in [1.29, 1.82) is 0 Å². The Labute approximate surface area is 247 Å². The first kappa shape index (κ1) is 29.3. The Hall–Kier alpha value is -3.17. The second kappa shape index (κ2) is 13.7. The summed E-state index contributed by atoms with van der Waals surface area (Å²) in [6.07, 6.45) is 10.2. The Bertz CT molecular complexity index is 1320. The lowest BCUT2D eigenvalue weighted by Crippen LogP contribution is -2.36. The van der Waals surface area contributed by atoms with Crippen LogP contribution in [0, 0.1) is 11.7 Å². The minimum atomic E-state index is -0.192. The molecule has 2 nitrogen and oxygen atoms in total. The molecular weight excluding hydrogens is 503 g/mol. The van der Waals surface area contributed by atoms with Crippen molar-refractivity contribution in [2.24, 2.45) is 5.92 Å². The van der Waals surface area contributed by atoms with Crippen molar-refractivity contribution >= 4 is 11.3 Å². The highest BCUT2D eigenvalue weighted by Crippen LogP contribution is 2.34. The summed E-state index contributed by atoms with van der Waals surface area (Å²) in [4.78, 5) is 2.54. The molecule has 2 fully saturated rings. The van der Waals surface area contributed by atoms with Crippen LogP contribution >= 0.6 is 0 Å². The third kappa shape index (κ3) is 7.57. The highest BCUT2D eigenvalue weighted by Gasteiger charge is 2.21. The Balaban J connectivity index is 1.30. The van der Waals surface area contributed by atoms with Crippen LogP contribution in [0.4, 0.5) is 4.39 Å². The van der Waals surface area contributed by atoms with Gasteiger partial charge in [-0.25, -0.2) is 4.39 Å². The predicted octanol–water partition coefficient (Wildman–Crippen LogP) is 9.58. The normalized spacial score (nSPS) is 17.4. The fourth-order valence-corrected chi connectivity index (χ4v) is 6.73. The van der Waals surface area contributed by atoms with Gasteiger partial charge >= 0.3 is 0 Å². The maximum absolute atomic E-state index is 13.8. The summed E-state index contributed by atoms with van der Waals surface area (Å²) in [6, 6.07) is 25.6. The Kier molecular flexibility index (Phi) is 9.77. The number of likely N-dealkylation sites (tertiary alicyclic amines) is 1. The van der Waals surface area contributed by atoms with Gasteiger partial charge in [-0.3, -0.25) is 0 Å². The van der Waals surface area contributed by atoms with Gasteiger partial charge in [0.1, 0.15) is 5.82 Å². The molecule has 1 N–H and O–H groups in total. The number of nitrogens with one attached hydrogen (secondary N) is 1. The lowest BCUT2D eigenvalue weighted by atomic mass is 9.84. The van der Waals surface area contributed by atoms with Crippen molar-refractivity contribution in [1.82, 2.24) is 10.2 Å². The topological polar surface area (TPSA) is 15.3 Å². The molecule has 0 radical (unpaired) electrons. The quantitative estimate of drug-likeness (QED) is 0.285. The summed E-state index contributed by atoms with van der Waals surface area (Å²) < 4.78 is 13.8. The van der Waals surface area contributed by atoms with E-state index in [4.69, 9.17) is 0 Å². The fraction of sp³-hybridized carbons (Fsp3) is 0.421. The van der Waals surface area contributed by atoms with Crippen LogP contribution in [0.2, 0.25) is 0 Å². The van der Waals surface area contributed by atoms with Gasteiger partial charge in [0.05, 0.1) is 0 Å². The largest absolute Gasteiger partial charge is 0.379 e. The molecule has 2 aliphatic rings. The number of hydrogen-bond acceptors (Lipinski definition) is 2. The van der Waals surface area contributed by atoms with E-state index in [2.05, 4.69) is 86.1 Å². The summed E-state index contributed by atoms with van der Waals surface area (Å²) in [5.74, 6) is 0.637. The Morgan fingerprint density at radius 2 is 1.49 bits per heavy atom. The van der Waals surface area contributed by atoms with E-state index in [9.17, 15) is 4.39 Å². The van der Waals surface area contributed by atoms with E-state index >= 15 is 0 Å². The van der Waals surface area contributed by atoms with E-state index in [1.165, 1.54) is 71.9 Å². The number of benzene rings is 3. The van der Waals surface area contributed by atoms with Crippen molar-refractivity contribution in [3.8, 4) is 0 Å². The van der Waals surface area contributed by atoms with Crippen LogP contribution in [0.25, 0.3) is 11.3 Å². The van der Waals surface area contributed by atoms with Crippen molar-refractivity contribution in [2.75, 3.05) is 13.1 Å². The molecule has 1 aliphatic heterocycles. The minimum Gasteiger partial charge on any atom is -0.379 e. The second-order valence-corrected chi connectivity index (χ2v) is 12.5. The summed E-state index contributed by atoms with van der Waals surface area (Å²) >= 11 is 0. The molecule has 0 bridgehead atoms. The fourth-order valence-electron chi connectivity index (χ4n) is 6.73. The van der Waals surface area contributed by atoms with Gasteiger partial charge in [-0.1, -0.05) is 98.9 Å². The molecule has 1 unspecified atom stereocenters. The van der Waals surface area contributed by atoms with Crippen LogP contribution in [0.5, 0.6) is 0 Å². The summed E-state index contributed by atoms with van der Waals surface area (Å²) in [6.45, 7) is 13.3. The minimum absolute atomic E-state index is 0.134. The lowest BCUT2D eigenvalue weighted by Gasteiger charge is -2.33. The predicted molar refractivity (Wildman–Crippen MR) is 172 cm³/mol. The molecule has 1 atom stereocenters. The third-order valence-corrected chi connectivity index (χ3v) is 9.23. The molecule has 0 amide bonds. The van der Waals surface area contributed by atoms with Crippen molar-refractivity contribution in [2.45, 2.75) is 84.2 Å². The molecule has 3 aromatic rings. The van der Waals surface area contributed by atoms with Gasteiger partial charge in [0, 0.05) is 30.9 Å². The van der Waals surface area contributed by atoms with Crippen molar-refractivity contribution < 1.29 is 4.39 Å². The van der Waals surface area contributed by atoms with Gasteiger partial charge < -0.3 is 10.2 Å². The van der Waals surface area contributed by atoms with Crippen molar-refractivity contribution in [3.05, 3.63) is 119 Å². The summed E-state index contributed by atoms with van der Waals surface area (Å²) in [5, 5.41) is 3.66. The number of halogens is 1. The molecule has 1 saturated carbocycles. The lowest BCUT2D eigenvalue weighted by molar-refractivity contribution is 0.208. The first-order chi connectivity index (χ1) is 19.9. The molecule has 41 heavy (non-hydrogen) atoms. The van der Waals surface area contributed by atoms with E-state index in [-0.39, 0.29) is 11.9 Å². The smallest absolute Gasteiger partial charge is 0.123 e. The molecule has 216 valence electrons. The van der Waals surface area contributed by atoms with Gasteiger partial charge in [0.2, 0.25) is 0 Å². The molecule has 1 heterocycles. The molecule has 3 aromatic carbocycles. The molecule has 0 spiro atoms. The van der Waals surface area contributed by atoms with E-state index in [0.29, 0.717) is 6.04 Å². The zero-order valence-corrected chi connectivity index (χ0v) is 25.3. The average molecular weight is 551 g/mol. The average Bonchev–Trinajstić information content (AvgIpc) is 2.99. The van der Waals surface area contributed by atoms with Gasteiger partial charge in [-0.05, 0) is 97.5 Å². The van der Waals surface area contributed by atoms with Gasteiger partial charge in [0.15, 0.2) is 0 Å². The van der Waals surface area contributed by atoms with Crippen LogP contribution in [0.3, 0.4) is 0 Å². The molecule has 3 heteroatoms. The van der Waals surface area contributed by atoms with Crippen LogP contribution in [-0.4, -0.2) is 24.0 Å². The van der Waals surface area contributed by atoms with Gasteiger partial charge in [-0.2, -0.15) is 0 Å². The number of piperidine rings is 1. The standard InChI is InChI=1S/C38H47FN2/c1-27(2)41-23-21-35(22-24-41)38(34-17-19-37(39)20-18-34)33-15-13-32(14-16-33)28(3)40-29(4)36-12-8-11-31(26-36)25-30-9-6-5-7-10-30/h8,11-20,26-28,30,40H,4-7,9-10,21-25H2,1-3H3. The highest BCUT2D eigenvalue weighted by molar-refractivity contribution is 5.82. The van der Waals surface area contributed by atoms with Crippen LogP contribution in [0.1, 0.15) is 99.6 Å². The first-order valence-corrected chi connectivity index (χ1v) is 15.7.